The van der Waals surface area contributed by atoms with Gasteiger partial charge in [0.1, 0.15) is 0 Å². The Morgan fingerprint density at radius 1 is 1.19 bits per heavy atom. The van der Waals surface area contributed by atoms with E-state index in [2.05, 4.69) is 16.7 Å². The van der Waals surface area contributed by atoms with Crippen LogP contribution in [0, 0.1) is 11.0 Å². The molecule has 0 unspecified atom stereocenters. The molecule has 0 fully saturated rings. The van der Waals surface area contributed by atoms with Crippen LogP contribution in [-0.4, -0.2) is 16.5 Å². The SMILES string of the molecule is N[N+](=O)c1ccc(CCNC(=S)Nc2cc[c]cc2)cc1. The van der Waals surface area contributed by atoms with Crippen molar-refractivity contribution in [1.29, 1.82) is 0 Å². The Kier molecular flexibility index (Phi) is 5.22. The number of nitroso groups, excluding NO2 is 1. The second-order valence-electron chi connectivity index (χ2n) is 4.41. The average Bonchev–Trinajstić information content (AvgIpc) is 2.49. The van der Waals surface area contributed by atoms with E-state index in [1.54, 1.807) is 12.1 Å². The fourth-order valence-electron chi connectivity index (χ4n) is 1.78. The predicted octanol–water partition coefficient (Wildman–Crippen LogP) is 2.30. The lowest BCUT2D eigenvalue weighted by Gasteiger charge is -2.10. The highest BCUT2D eigenvalue weighted by molar-refractivity contribution is 7.80. The first-order valence-electron chi connectivity index (χ1n) is 6.47. The molecule has 2 rings (SSSR count). The zero-order chi connectivity index (χ0) is 15.1. The van der Waals surface area contributed by atoms with Crippen molar-refractivity contribution in [2.45, 2.75) is 6.42 Å². The van der Waals surface area contributed by atoms with Gasteiger partial charge in [0, 0.05) is 24.4 Å². The Morgan fingerprint density at radius 2 is 1.86 bits per heavy atom. The van der Waals surface area contributed by atoms with Crippen LogP contribution in [0.1, 0.15) is 5.56 Å². The van der Waals surface area contributed by atoms with Gasteiger partial charge in [-0.3, -0.25) is 0 Å². The molecule has 5 nitrogen and oxygen atoms in total. The lowest BCUT2D eigenvalue weighted by molar-refractivity contribution is -0.474. The van der Waals surface area contributed by atoms with Gasteiger partial charge in [-0.15, -0.1) is 0 Å². The number of nitrogens with zero attached hydrogens (tertiary/aromatic N) is 1. The standard InChI is InChI=1S/C15H15N4OS/c16-19(20)14-8-6-12(7-9-14)10-11-17-15(21)18-13-4-2-1-3-5-13/h2-9H,10-11H2,(H3-,16,17,18,20,21)/p+1. The molecule has 0 atom stereocenters. The molecule has 0 amide bonds. The number of hydrazine groups is 1. The van der Waals surface area contributed by atoms with Crippen molar-refractivity contribution in [3.8, 4) is 0 Å². The van der Waals surface area contributed by atoms with Crippen molar-refractivity contribution in [3.05, 3.63) is 65.1 Å². The van der Waals surface area contributed by atoms with E-state index in [0.29, 0.717) is 22.2 Å². The van der Waals surface area contributed by atoms with E-state index in [4.69, 9.17) is 18.1 Å². The molecule has 6 heteroatoms. The number of nitrogens with one attached hydrogen (secondary N) is 2. The Labute approximate surface area is 128 Å². The minimum absolute atomic E-state index is 0.346. The molecular formula is C15H16N4OS+. The third-order valence-corrected chi connectivity index (χ3v) is 3.11. The first-order valence-corrected chi connectivity index (χ1v) is 6.88. The van der Waals surface area contributed by atoms with Crippen molar-refractivity contribution < 1.29 is 4.87 Å². The van der Waals surface area contributed by atoms with Gasteiger partial charge < -0.3 is 10.6 Å². The quantitative estimate of drug-likeness (QED) is 0.342. The van der Waals surface area contributed by atoms with Gasteiger partial charge in [0.15, 0.2) is 9.98 Å². The summed E-state index contributed by atoms with van der Waals surface area (Å²) in [5, 5.41) is 6.79. The molecule has 0 aliphatic heterocycles. The number of nitrogens with two attached hydrogens (primary N) is 1. The average molecular weight is 300 g/mol. The molecule has 2 aromatic carbocycles. The van der Waals surface area contributed by atoms with Gasteiger partial charge >= 0.3 is 0 Å². The molecule has 0 aliphatic rings. The van der Waals surface area contributed by atoms with E-state index in [1.807, 2.05) is 36.4 Å². The maximum atomic E-state index is 10.9. The van der Waals surface area contributed by atoms with Gasteiger partial charge in [-0.25, -0.2) is 0 Å². The summed E-state index contributed by atoms with van der Waals surface area (Å²) in [6.07, 6.45) is 0.800. The molecule has 0 aromatic heterocycles. The van der Waals surface area contributed by atoms with E-state index in [0.717, 1.165) is 17.7 Å². The monoisotopic (exact) mass is 300 g/mol. The second kappa shape index (κ2) is 7.35. The Morgan fingerprint density at radius 3 is 2.48 bits per heavy atom. The number of benzene rings is 2. The number of hydrogen-bond acceptors (Lipinski definition) is 2. The van der Waals surface area contributed by atoms with Crippen molar-refractivity contribution in [3.63, 3.8) is 0 Å². The van der Waals surface area contributed by atoms with Crippen LogP contribution in [0.5, 0.6) is 0 Å². The molecule has 0 aliphatic carbocycles. The van der Waals surface area contributed by atoms with Gasteiger partial charge in [0.2, 0.25) is 0 Å². The summed E-state index contributed by atoms with van der Waals surface area (Å²) in [6, 6.07) is 17.5. The number of hydrogen-bond donors (Lipinski definition) is 3. The Bertz CT molecular complexity index is 613. The summed E-state index contributed by atoms with van der Waals surface area (Å²) >= 11 is 5.21. The first-order chi connectivity index (χ1) is 10.1. The third kappa shape index (κ3) is 4.85. The van der Waals surface area contributed by atoms with Crippen LogP contribution in [0.25, 0.3) is 0 Å². The van der Waals surface area contributed by atoms with Gasteiger partial charge in [-0.1, -0.05) is 24.3 Å². The third-order valence-electron chi connectivity index (χ3n) is 2.87. The number of thiocarbonyl (C=S) groups is 1. The first kappa shape index (κ1) is 14.9. The summed E-state index contributed by atoms with van der Waals surface area (Å²) < 4.78 is 0. The van der Waals surface area contributed by atoms with Crippen molar-refractivity contribution in [2.24, 2.45) is 5.84 Å². The summed E-state index contributed by atoms with van der Waals surface area (Å²) in [5.41, 5.74) is 2.46. The van der Waals surface area contributed by atoms with Gasteiger partial charge in [-0.05, 0) is 42.4 Å². The van der Waals surface area contributed by atoms with Crippen molar-refractivity contribution >= 4 is 28.7 Å². The molecule has 107 valence electrons. The molecule has 1 radical (unpaired) electrons. The normalized spacial score (nSPS) is 9.90. The zero-order valence-electron chi connectivity index (χ0n) is 11.4. The number of anilines is 1. The molecule has 4 N–H and O–H groups in total. The molecule has 2 aromatic rings. The summed E-state index contributed by atoms with van der Waals surface area (Å²) in [6.45, 7) is 0.702. The van der Waals surface area contributed by atoms with E-state index in [1.165, 1.54) is 0 Å². The van der Waals surface area contributed by atoms with Crippen LogP contribution in [0.3, 0.4) is 0 Å². The van der Waals surface area contributed by atoms with Crippen LogP contribution >= 0.6 is 12.2 Å². The Balaban J connectivity index is 1.76. The van der Waals surface area contributed by atoms with Gasteiger partial charge in [0.25, 0.3) is 5.69 Å². The molecule has 0 saturated heterocycles. The predicted molar refractivity (Wildman–Crippen MR) is 87.1 cm³/mol. The van der Waals surface area contributed by atoms with Gasteiger partial charge in [-0.2, -0.15) is 5.84 Å². The highest BCUT2D eigenvalue weighted by atomic mass is 32.1. The van der Waals surface area contributed by atoms with Crippen LogP contribution in [0.4, 0.5) is 11.4 Å². The molecule has 0 bridgehead atoms. The van der Waals surface area contributed by atoms with Gasteiger partial charge in [0.05, 0.1) is 4.91 Å². The maximum absolute atomic E-state index is 10.9. The minimum Gasteiger partial charge on any atom is -0.362 e. The summed E-state index contributed by atoms with van der Waals surface area (Å²) in [7, 11) is 0. The summed E-state index contributed by atoms with van der Waals surface area (Å²) in [5.74, 6) is 5.11. The van der Waals surface area contributed by atoms with Crippen LogP contribution < -0.4 is 16.5 Å². The second-order valence-corrected chi connectivity index (χ2v) is 4.82. The largest absolute Gasteiger partial charge is 0.362 e. The van der Waals surface area contributed by atoms with Crippen molar-refractivity contribution in [2.75, 3.05) is 11.9 Å². The fourth-order valence-corrected chi connectivity index (χ4v) is 2.00. The van der Waals surface area contributed by atoms with E-state index < -0.39 is 0 Å². The molecular weight excluding hydrogens is 284 g/mol. The van der Waals surface area contributed by atoms with Crippen molar-refractivity contribution in [1.82, 2.24) is 5.32 Å². The fraction of sp³-hybridized carbons (Fsp3) is 0.133. The summed E-state index contributed by atoms with van der Waals surface area (Å²) in [4.78, 5) is 11.2. The smallest absolute Gasteiger partial charge is 0.291 e. The molecule has 0 spiro atoms. The van der Waals surface area contributed by atoms with Crippen LogP contribution in [-0.2, 0) is 6.42 Å². The molecule has 21 heavy (non-hydrogen) atoms. The molecule has 0 heterocycles. The highest BCUT2D eigenvalue weighted by Crippen LogP contribution is 2.10. The van der Waals surface area contributed by atoms with Crippen LogP contribution in [0.2, 0.25) is 0 Å². The highest BCUT2D eigenvalue weighted by Gasteiger charge is 2.06. The molecule has 0 saturated carbocycles. The zero-order valence-corrected chi connectivity index (χ0v) is 12.2. The topological polar surface area (TPSA) is 70.2 Å². The lowest BCUT2D eigenvalue weighted by Crippen LogP contribution is -2.30. The maximum Gasteiger partial charge on any atom is 0.291 e. The lowest BCUT2D eigenvalue weighted by atomic mass is 10.1. The van der Waals surface area contributed by atoms with E-state index >= 15 is 0 Å². The van der Waals surface area contributed by atoms with Crippen LogP contribution in [0.15, 0.2) is 48.5 Å². The Hall–Kier alpha value is -2.47. The minimum atomic E-state index is 0.346. The number of rotatable bonds is 5. The van der Waals surface area contributed by atoms with E-state index in [-0.39, 0.29) is 0 Å². The van der Waals surface area contributed by atoms with E-state index in [9.17, 15) is 4.91 Å².